The van der Waals surface area contributed by atoms with Crippen molar-refractivity contribution in [3.05, 3.63) is 11.6 Å². The Balaban J connectivity index is 1.21. The third-order valence-electron chi connectivity index (χ3n) is 11.3. The van der Waals surface area contributed by atoms with Gasteiger partial charge in [-0.15, -0.1) is 0 Å². The van der Waals surface area contributed by atoms with E-state index in [2.05, 4.69) is 6.92 Å². The number of carboxylic acid groups (broad SMARTS) is 1. The van der Waals surface area contributed by atoms with Gasteiger partial charge in [-0.2, -0.15) is 0 Å². The number of aliphatic carboxylic acids is 1. The number of aliphatic hydroxyl groups is 3. The van der Waals surface area contributed by atoms with Crippen LogP contribution in [0.4, 0.5) is 0 Å². The second-order valence-corrected chi connectivity index (χ2v) is 13.3. The molecule has 1 aliphatic heterocycles. The van der Waals surface area contributed by atoms with E-state index in [1.807, 2.05) is 6.92 Å². The SMILES string of the molecule is C[C@]12CCC(=O)C=C1CC[C@H]1[C@H]2[C@@H](O)C[C@@]2(C)[C@H]1CC[C@]2(O)C(=O)COC(=O)CCC(=O)N1C[C@H](O)C[C@H]1C(=O)O. The molecule has 0 spiro atoms. The lowest BCUT2D eigenvalue weighted by Crippen LogP contribution is -2.62. The Bertz CT molecular complexity index is 1180. The molecule has 11 nitrogen and oxygen atoms in total. The standard InChI is InChI=1S/C30H41NO10/c1-28-9-7-17(32)11-16(28)3-4-19-20-8-10-30(40,29(20,2)13-22(34)26(19)28)23(35)15-41-25(37)6-5-24(36)31-14-18(33)12-21(31)27(38)39/h11,18-22,26,33-34,40H,3-10,12-15H2,1-2H3,(H,38,39)/t18-,19-,20+,21+,22+,26+,28+,29+,30+/m1/s1. The molecule has 0 aromatic heterocycles. The van der Waals surface area contributed by atoms with Crippen LogP contribution in [-0.2, 0) is 28.7 Å². The molecule has 0 aromatic carbocycles. The Kier molecular flexibility index (Phi) is 7.70. The molecule has 1 heterocycles. The predicted octanol–water partition coefficient (Wildman–Crippen LogP) is 1.16. The molecule has 9 atom stereocenters. The van der Waals surface area contributed by atoms with Crippen molar-refractivity contribution >= 4 is 29.4 Å². The quantitative estimate of drug-likeness (QED) is 0.322. The summed E-state index contributed by atoms with van der Waals surface area (Å²) in [5.41, 5.74) is -1.86. The summed E-state index contributed by atoms with van der Waals surface area (Å²) in [6, 6.07) is -1.15. The zero-order chi connectivity index (χ0) is 29.9. The number of aliphatic hydroxyl groups excluding tert-OH is 2. The lowest BCUT2D eigenvalue weighted by molar-refractivity contribution is -0.184. The highest BCUT2D eigenvalue weighted by Gasteiger charge is 2.68. The van der Waals surface area contributed by atoms with Gasteiger partial charge < -0.3 is 30.1 Å². The second kappa shape index (κ2) is 10.6. The van der Waals surface area contributed by atoms with Crippen LogP contribution in [-0.4, -0.2) is 91.7 Å². The first-order valence-electron chi connectivity index (χ1n) is 14.7. The fourth-order valence-electron chi connectivity index (χ4n) is 9.16. The minimum absolute atomic E-state index is 0.00725. The molecular formula is C30H41NO10. The van der Waals surface area contributed by atoms with Gasteiger partial charge >= 0.3 is 11.9 Å². The number of carbonyl (C=O) groups is 5. The van der Waals surface area contributed by atoms with E-state index >= 15 is 0 Å². The summed E-state index contributed by atoms with van der Waals surface area (Å²) in [6.45, 7) is 3.20. The molecule has 1 saturated heterocycles. The maximum absolute atomic E-state index is 13.4. The Labute approximate surface area is 238 Å². The predicted molar refractivity (Wildman–Crippen MR) is 142 cm³/mol. The minimum atomic E-state index is -1.78. The molecule has 0 bridgehead atoms. The van der Waals surface area contributed by atoms with Gasteiger partial charge in [0.15, 0.2) is 12.4 Å². The molecular weight excluding hydrogens is 534 g/mol. The highest BCUT2D eigenvalue weighted by atomic mass is 16.5. The van der Waals surface area contributed by atoms with Crippen LogP contribution in [0.5, 0.6) is 0 Å². The molecule has 0 aromatic rings. The molecule has 4 N–H and O–H groups in total. The monoisotopic (exact) mass is 575 g/mol. The third-order valence-corrected chi connectivity index (χ3v) is 11.3. The van der Waals surface area contributed by atoms with Gasteiger partial charge in [0.25, 0.3) is 0 Å². The molecule has 4 fully saturated rings. The first-order chi connectivity index (χ1) is 19.2. The van der Waals surface area contributed by atoms with Gasteiger partial charge in [0.05, 0.1) is 18.6 Å². The molecule has 226 valence electrons. The minimum Gasteiger partial charge on any atom is -0.480 e. The second-order valence-electron chi connectivity index (χ2n) is 13.3. The lowest BCUT2D eigenvalue weighted by atomic mass is 9.45. The van der Waals surface area contributed by atoms with E-state index in [-0.39, 0.29) is 67.6 Å². The van der Waals surface area contributed by atoms with Crippen molar-refractivity contribution < 1.29 is 49.1 Å². The first-order valence-corrected chi connectivity index (χ1v) is 14.7. The molecule has 5 aliphatic rings. The van der Waals surface area contributed by atoms with E-state index in [9.17, 15) is 44.4 Å². The first kappa shape index (κ1) is 29.8. The van der Waals surface area contributed by atoms with Gasteiger partial charge in [-0.05, 0) is 67.8 Å². The van der Waals surface area contributed by atoms with E-state index < -0.39 is 59.5 Å². The number of carbonyl (C=O) groups excluding carboxylic acids is 4. The number of ketones is 2. The highest BCUT2D eigenvalue weighted by molar-refractivity contribution is 5.92. The number of likely N-dealkylation sites (tertiary alicyclic amines) is 1. The molecule has 4 aliphatic carbocycles. The number of hydrogen-bond donors (Lipinski definition) is 4. The molecule has 5 rings (SSSR count). The number of nitrogens with zero attached hydrogens (tertiary/aromatic N) is 1. The van der Waals surface area contributed by atoms with Gasteiger partial charge in [0, 0.05) is 31.2 Å². The van der Waals surface area contributed by atoms with Gasteiger partial charge in [0.1, 0.15) is 11.6 Å². The number of allylic oxidation sites excluding steroid dienone is 1. The number of hydrogen-bond acceptors (Lipinski definition) is 9. The number of fused-ring (bicyclic) bond motifs is 5. The van der Waals surface area contributed by atoms with Crippen LogP contribution in [0.15, 0.2) is 11.6 Å². The Hall–Kier alpha value is -2.63. The summed E-state index contributed by atoms with van der Waals surface area (Å²) in [6.07, 6.45) is 2.99. The lowest BCUT2D eigenvalue weighted by Gasteiger charge is -2.60. The average Bonchev–Trinajstić information content (AvgIpc) is 3.43. The topological polar surface area (TPSA) is 179 Å². The number of Topliss-reactive ketones (excluding diaryl/α,β-unsaturated/α-hetero) is 1. The number of β-amino-alcohol motifs (C(OH)–C–C–N with tert-alkyl or cyclic N) is 1. The van der Waals surface area contributed by atoms with Crippen LogP contribution in [0, 0.1) is 28.6 Å². The van der Waals surface area contributed by atoms with Crippen LogP contribution in [0.3, 0.4) is 0 Å². The van der Waals surface area contributed by atoms with Crippen molar-refractivity contribution in [1.82, 2.24) is 4.90 Å². The summed E-state index contributed by atoms with van der Waals surface area (Å²) in [4.78, 5) is 62.8. The van der Waals surface area contributed by atoms with E-state index in [0.717, 1.165) is 23.3 Å². The Morgan fingerprint density at radius 3 is 2.51 bits per heavy atom. The summed E-state index contributed by atoms with van der Waals surface area (Å²) in [5, 5.41) is 42.3. The largest absolute Gasteiger partial charge is 0.480 e. The highest BCUT2D eigenvalue weighted by Crippen LogP contribution is 2.67. The van der Waals surface area contributed by atoms with Crippen LogP contribution in [0.25, 0.3) is 0 Å². The average molecular weight is 576 g/mol. The number of ether oxygens (including phenoxy) is 1. The zero-order valence-corrected chi connectivity index (χ0v) is 23.7. The van der Waals surface area contributed by atoms with Gasteiger partial charge in [-0.25, -0.2) is 4.79 Å². The van der Waals surface area contributed by atoms with Gasteiger partial charge in [-0.1, -0.05) is 19.4 Å². The summed E-state index contributed by atoms with van der Waals surface area (Å²) < 4.78 is 5.16. The van der Waals surface area contributed by atoms with Crippen molar-refractivity contribution in [1.29, 1.82) is 0 Å². The fourth-order valence-corrected chi connectivity index (χ4v) is 9.16. The number of esters is 1. The Morgan fingerprint density at radius 1 is 1.07 bits per heavy atom. The number of rotatable bonds is 7. The van der Waals surface area contributed by atoms with E-state index in [1.54, 1.807) is 6.08 Å². The third kappa shape index (κ3) is 4.83. The Morgan fingerprint density at radius 2 is 1.80 bits per heavy atom. The van der Waals surface area contributed by atoms with Crippen LogP contribution in [0.1, 0.15) is 78.1 Å². The molecule has 41 heavy (non-hydrogen) atoms. The normalized spacial score (nSPS) is 41.6. The van der Waals surface area contributed by atoms with Crippen LogP contribution in [0.2, 0.25) is 0 Å². The molecule has 11 heteroatoms. The van der Waals surface area contributed by atoms with E-state index in [1.165, 1.54) is 0 Å². The van der Waals surface area contributed by atoms with E-state index in [4.69, 9.17) is 4.74 Å². The maximum atomic E-state index is 13.4. The van der Waals surface area contributed by atoms with Crippen molar-refractivity contribution in [2.45, 2.75) is 102 Å². The molecule has 1 amide bonds. The van der Waals surface area contributed by atoms with Crippen molar-refractivity contribution in [2.75, 3.05) is 13.2 Å². The zero-order valence-electron chi connectivity index (χ0n) is 23.7. The molecule has 0 radical (unpaired) electrons. The van der Waals surface area contributed by atoms with Crippen molar-refractivity contribution in [2.24, 2.45) is 28.6 Å². The number of amides is 1. The summed E-state index contributed by atoms with van der Waals surface area (Å²) >= 11 is 0. The molecule has 3 saturated carbocycles. The van der Waals surface area contributed by atoms with Crippen molar-refractivity contribution in [3.63, 3.8) is 0 Å². The van der Waals surface area contributed by atoms with Gasteiger partial charge in [0.2, 0.25) is 11.7 Å². The smallest absolute Gasteiger partial charge is 0.326 e. The molecule has 0 unspecified atom stereocenters. The summed E-state index contributed by atoms with van der Waals surface area (Å²) in [7, 11) is 0. The summed E-state index contributed by atoms with van der Waals surface area (Å²) in [5.74, 6) is -3.13. The van der Waals surface area contributed by atoms with Crippen LogP contribution >= 0.6 is 0 Å². The van der Waals surface area contributed by atoms with Crippen LogP contribution < -0.4 is 0 Å². The maximum Gasteiger partial charge on any atom is 0.326 e. The van der Waals surface area contributed by atoms with Gasteiger partial charge in [-0.3, -0.25) is 19.2 Å². The number of carboxylic acids is 1. The van der Waals surface area contributed by atoms with Crippen molar-refractivity contribution in [3.8, 4) is 0 Å². The fraction of sp³-hybridized carbons (Fsp3) is 0.767. The van der Waals surface area contributed by atoms with E-state index in [0.29, 0.717) is 19.3 Å².